The molecule has 168 valence electrons. The number of nitrogens with one attached hydrogen (secondary N) is 1. The van der Waals surface area contributed by atoms with Gasteiger partial charge < -0.3 is 9.47 Å². The first-order chi connectivity index (χ1) is 15.4. The van der Waals surface area contributed by atoms with Gasteiger partial charge in [-0.25, -0.2) is 4.68 Å². The van der Waals surface area contributed by atoms with Crippen LogP contribution in [0.2, 0.25) is 5.02 Å². The highest BCUT2D eigenvalue weighted by atomic mass is 35.5. The van der Waals surface area contributed by atoms with E-state index < -0.39 is 5.97 Å². The van der Waals surface area contributed by atoms with E-state index in [2.05, 4.69) is 10.1 Å². The van der Waals surface area contributed by atoms with Crippen molar-refractivity contribution in [3.63, 3.8) is 0 Å². The molecule has 0 amide bonds. The van der Waals surface area contributed by atoms with Crippen molar-refractivity contribution in [3.8, 4) is 11.4 Å². The summed E-state index contributed by atoms with van der Waals surface area (Å²) in [5, 5.41) is 3.73. The smallest absolute Gasteiger partial charge is 0.311 e. The number of hydrogen-bond donors (Lipinski definition) is 1. The van der Waals surface area contributed by atoms with Crippen molar-refractivity contribution in [3.05, 3.63) is 75.2 Å². The second kappa shape index (κ2) is 11.1. The third-order valence-corrected chi connectivity index (χ3v) is 5.97. The largest absolute Gasteiger partial charge is 0.497 e. The predicted molar refractivity (Wildman–Crippen MR) is 128 cm³/mol. The van der Waals surface area contributed by atoms with E-state index in [1.54, 1.807) is 50.1 Å². The van der Waals surface area contributed by atoms with Crippen LogP contribution >= 0.6 is 23.4 Å². The Kier molecular flexibility index (Phi) is 8.19. The van der Waals surface area contributed by atoms with Gasteiger partial charge in [0.15, 0.2) is 0 Å². The molecule has 0 aliphatic carbocycles. The number of carbonyl (C=O) groups excluding carboxylic acids is 1. The number of methoxy groups -OCH3 is 2. The fraction of sp³-hybridized carbons (Fsp3) is 0.261. The molecule has 0 spiro atoms. The number of rotatable bonds is 9. The van der Waals surface area contributed by atoms with Gasteiger partial charge in [0, 0.05) is 27.9 Å². The van der Waals surface area contributed by atoms with E-state index in [4.69, 9.17) is 21.1 Å². The second-order valence-electron chi connectivity index (χ2n) is 6.83. The van der Waals surface area contributed by atoms with Crippen molar-refractivity contribution in [2.45, 2.75) is 18.2 Å². The number of halogens is 1. The molecule has 3 aromatic rings. The average Bonchev–Trinajstić information content (AvgIpc) is 3.13. The molecule has 3 rings (SSSR count). The Labute approximate surface area is 195 Å². The van der Waals surface area contributed by atoms with Gasteiger partial charge in [0.05, 0.1) is 37.6 Å². The van der Waals surface area contributed by atoms with Crippen LogP contribution in [-0.4, -0.2) is 48.0 Å². The zero-order chi connectivity index (χ0) is 23.1. The van der Waals surface area contributed by atoms with Gasteiger partial charge in [-0.2, -0.15) is 0 Å². The van der Waals surface area contributed by atoms with Crippen LogP contribution in [0, 0.1) is 0 Å². The first-order valence-electron chi connectivity index (χ1n) is 9.88. The number of hydrogen-bond acceptors (Lipinski definition) is 6. The molecule has 0 fully saturated rings. The summed E-state index contributed by atoms with van der Waals surface area (Å²) in [6.45, 7) is 2.29. The van der Waals surface area contributed by atoms with Crippen LogP contribution in [0.15, 0.2) is 63.2 Å². The molecule has 1 aromatic heterocycles. The summed E-state index contributed by atoms with van der Waals surface area (Å²) >= 11 is 7.57. The second-order valence-corrected chi connectivity index (χ2v) is 8.43. The predicted octanol–water partition coefficient (Wildman–Crippen LogP) is 4.14. The van der Waals surface area contributed by atoms with Gasteiger partial charge >= 0.3 is 5.97 Å². The molecule has 0 radical (unpaired) electrons. The minimum atomic E-state index is -0.444. The number of ether oxygens (including phenoxy) is 2. The molecule has 0 saturated heterocycles. The maximum absolute atomic E-state index is 13.2. The normalized spacial score (nSPS) is 11.4. The number of nitrogens with zero attached hydrogens (tertiary/aromatic N) is 2. The van der Waals surface area contributed by atoms with E-state index in [0.29, 0.717) is 40.0 Å². The standard InChI is InChI=1S/C23H24ClN3O4S/c1-15(25-12-13-32-19-10-4-16(24)5-11-19)22-20(14-21(28)31-3)26-27(23(22)29)17-6-8-18(30-2)9-7-17/h4-11,26H,12-14H2,1-3H3. The quantitative estimate of drug-likeness (QED) is 0.218. The van der Waals surface area contributed by atoms with Crippen molar-refractivity contribution in [1.29, 1.82) is 0 Å². The molecule has 32 heavy (non-hydrogen) atoms. The summed E-state index contributed by atoms with van der Waals surface area (Å²) < 4.78 is 11.4. The summed E-state index contributed by atoms with van der Waals surface area (Å²) in [5.41, 5.74) is 1.75. The Bertz CT molecular complexity index is 1150. The van der Waals surface area contributed by atoms with E-state index >= 15 is 0 Å². The molecule has 0 bridgehead atoms. The molecule has 0 atom stereocenters. The first-order valence-corrected chi connectivity index (χ1v) is 11.2. The number of aliphatic imine (C=N–C) groups is 1. The van der Waals surface area contributed by atoms with Crippen LogP contribution in [0.25, 0.3) is 5.69 Å². The highest BCUT2D eigenvalue weighted by Crippen LogP contribution is 2.20. The lowest BCUT2D eigenvalue weighted by Crippen LogP contribution is -2.20. The van der Waals surface area contributed by atoms with Crippen LogP contribution in [0.4, 0.5) is 0 Å². The minimum Gasteiger partial charge on any atom is -0.497 e. The molecule has 2 aromatic carbocycles. The van der Waals surface area contributed by atoms with Crippen molar-refractivity contribution in [2.75, 3.05) is 26.5 Å². The number of aromatic amines is 1. The summed E-state index contributed by atoms with van der Waals surface area (Å²) in [7, 11) is 2.89. The van der Waals surface area contributed by atoms with Gasteiger partial charge in [0.1, 0.15) is 5.75 Å². The van der Waals surface area contributed by atoms with Crippen molar-refractivity contribution >= 4 is 35.0 Å². The Balaban J connectivity index is 1.83. The van der Waals surface area contributed by atoms with Crippen molar-refractivity contribution < 1.29 is 14.3 Å². The summed E-state index contributed by atoms with van der Waals surface area (Å²) in [5.74, 6) is 0.974. The monoisotopic (exact) mass is 473 g/mol. The SMILES string of the molecule is COC(=O)Cc1[nH]n(-c2ccc(OC)cc2)c(=O)c1C(C)=NCCSc1ccc(Cl)cc1. The number of benzene rings is 2. The van der Waals surface area contributed by atoms with Crippen LogP contribution in [0.5, 0.6) is 5.75 Å². The topological polar surface area (TPSA) is 85.7 Å². The third kappa shape index (κ3) is 5.83. The number of aromatic nitrogens is 2. The Morgan fingerprint density at radius 3 is 2.44 bits per heavy atom. The molecule has 0 saturated carbocycles. The minimum absolute atomic E-state index is 0.0589. The van der Waals surface area contributed by atoms with Crippen molar-refractivity contribution in [1.82, 2.24) is 9.78 Å². The molecule has 0 unspecified atom stereocenters. The lowest BCUT2D eigenvalue weighted by atomic mass is 10.1. The molecule has 0 aliphatic heterocycles. The summed E-state index contributed by atoms with van der Waals surface area (Å²) in [4.78, 5) is 30.8. The van der Waals surface area contributed by atoms with Crippen LogP contribution in [0.3, 0.4) is 0 Å². The van der Waals surface area contributed by atoms with E-state index in [0.717, 1.165) is 10.6 Å². The Morgan fingerprint density at radius 1 is 1.12 bits per heavy atom. The maximum Gasteiger partial charge on any atom is 0.311 e. The third-order valence-electron chi connectivity index (χ3n) is 4.73. The highest BCUT2D eigenvalue weighted by molar-refractivity contribution is 7.99. The maximum atomic E-state index is 13.2. The number of esters is 1. The van der Waals surface area contributed by atoms with Crippen LogP contribution < -0.4 is 10.3 Å². The van der Waals surface area contributed by atoms with Gasteiger partial charge in [-0.15, -0.1) is 11.8 Å². The molecule has 7 nitrogen and oxygen atoms in total. The van der Waals surface area contributed by atoms with E-state index in [9.17, 15) is 9.59 Å². The first kappa shape index (κ1) is 23.7. The van der Waals surface area contributed by atoms with Crippen LogP contribution in [-0.2, 0) is 16.0 Å². The molecule has 1 heterocycles. The molecule has 0 aliphatic rings. The van der Waals surface area contributed by atoms with E-state index in [-0.39, 0.29) is 12.0 Å². The zero-order valence-corrected chi connectivity index (χ0v) is 19.6. The zero-order valence-electron chi connectivity index (χ0n) is 18.1. The summed E-state index contributed by atoms with van der Waals surface area (Å²) in [6.07, 6.45) is -0.0589. The molecular weight excluding hydrogens is 450 g/mol. The lowest BCUT2D eigenvalue weighted by Gasteiger charge is -2.03. The Hall–Kier alpha value is -2.97. The average molecular weight is 474 g/mol. The van der Waals surface area contributed by atoms with Crippen LogP contribution in [0.1, 0.15) is 18.2 Å². The number of thioether (sulfide) groups is 1. The fourth-order valence-electron chi connectivity index (χ4n) is 3.10. The fourth-order valence-corrected chi connectivity index (χ4v) is 3.97. The van der Waals surface area contributed by atoms with Gasteiger partial charge in [0.25, 0.3) is 5.56 Å². The van der Waals surface area contributed by atoms with Gasteiger partial charge in [-0.05, 0) is 55.5 Å². The summed E-state index contributed by atoms with van der Waals surface area (Å²) in [6, 6.07) is 14.6. The lowest BCUT2D eigenvalue weighted by molar-refractivity contribution is -0.139. The number of H-pyrrole nitrogens is 1. The van der Waals surface area contributed by atoms with Crippen molar-refractivity contribution in [2.24, 2.45) is 4.99 Å². The van der Waals surface area contributed by atoms with Gasteiger partial charge in [-0.1, -0.05) is 11.6 Å². The number of carbonyl (C=O) groups is 1. The van der Waals surface area contributed by atoms with E-state index in [1.165, 1.54) is 11.8 Å². The van der Waals surface area contributed by atoms with E-state index in [1.807, 2.05) is 24.3 Å². The van der Waals surface area contributed by atoms with Gasteiger partial charge in [0.2, 0.25) is 0 Å². The molecular formula is C23H24ClN3O4S. The highest BCUT2D eigenvalue weighted by Gasteiger charge is 2.20. The Morgan fingerprint density at radius 2 is 1.81 bits per heavy atom. The van der Waals surface area contributed by atoms with Gasteiger partial charge in [-0.3, -0.25) is 19.7 Å². The molecule has 1 N–H and O–H groups in total. The molecule has 9 heteroatoms.